The molecule has 3 aliphatic rings. The largest absolute Gasteiger partial charge is 0.511 e. The number of ether oxygens (including phenoxy) is 5. The molecule has 6 rings (SSSR count). The first-order chi connectivity index (χ1) is 29.1. The number of aliphatic hydroxyl groups excluding tert-OH is 1. The number of benzene rings is 3. The lowest BCUT2D eigenvalue weighted by atomic mass is 9.71. The van der Waals surface area contributed by atoms with Gasteiger partial charge in [0.25, 0.3) is 0 Å². The van der Waals surface area contributed by atoms with Crippen LogP contribution < -0.4 is 14.4 Å². The van der Waals surface area contributed by atoms with Crippen molar-refractivity contribution in [2.45, 2.75) is 52.8 Å². The van der Waals surface area contributed by atoms with Crippen molar-refractivity contribution in [3.8, 4) is 11.5 Å². The van der Waals surface area contributed by atoms with E-state index in [1.54, 1.807) is 57.2 Å². The molecule has 0 radical (unpaired) electrons. The van der Waals surface area contributed by atoms with Crippen LogP contribution >= 0.6 is 0 Å². The third kappa shape index (κ3) is 10.5. The highest BCUT2D eigenvalue weighted by Gasteiger charge is 2.44. The molecule has 0 spiro atoms. The fraction of sp³-hybridized carbons (Fsp3) is 0.286. The van der Waals surface area contributed by atoms with E-state index in [1.807, 2.05) is 84.0 Å². The van der Waals surface area contributed by atoms with Crippen molar-refractivity contribution < 1.29 is 52.5 Å². The molecule has 3 aromatic rings. The molecule has 2 aliphatic carbocycles. The number of Topliss-reactive ketones (excluding diaryl/α,β-unsaturated/α-hetero) is 1. The smallest absolute Gasteiger partial charge is 0.338 e. The van der Waals surface area contributed by atoms with Crippen LogP contribution in [0.5, 0.6) is 11.5 Å². The normalized spacial score (nSPS) is 18.6. The molecule has 0 saturated carbocycles. The van der Waals surface area contributed by atoms with Gasteiger partial charge in [-0.3, -0.25) is 4.79 Å². The van der Waals surface area contributed by atoms with Crippen LogP contribution in [0.2, 0.25) is 0 Å². The maximum absolute atomic E-state index is 13.8. The minimum atomic E-state index is -0.764. The molecule has 1 aliphatic heterocycles. The zero-order chi connectivity index (χ0) is 44.0. The Bertz CT molecular complexity index is 2330. The van der Waals surface area contributed by atoms with Crippen LogP contribution in [0.4, 0.5) is 17.1 Å². The van der Waals surface area contributed by atoms with Gasteiger partial charge in [0.1, 0.15) is 36.6 Å². The Balaban J connectivity index is 1.21. The Morgan fingerprint density at radius 2 is 1.31 bits per heavy atom. The summed E-state index contributed by atoms with van der Waals surface area (Å²) in [6.07, 6.45) is 7.60. The summed E-state index contributed by atoms with van der Waals surface area (Å²) in [5, 5.41) is 11.4. The molecule has 3 aromatic carbocycles. The Hall–Kier alpha value is -6.79. The summed E-state index contributed by atoms with van der Waals surface area (Å²) in [5.74, 6) is -1.83. The summed E-state index contributed by atoms with van der Waals surface area (Å²) in [6.45, 7) is 20.9. The van der Waals surface area contributed by atoms with Gasteiger partial charge in [-0.2, -0.15) is 4.58 Å². The van der Waals surface area contributed by atoms with Gasteiger partial charge in [0.05, 0.1) is 24.1 Å². The van der Waals surface area contributed by atoms with Gasteiger partial charge in [0, 0.05) is 65.2 Å². The maximum Gasteiger partial charge on any atom is 0.338 e. The Kier molecular flexibility index (Phi) is 13.7. The van der Waals surface area contributed by atoms with E-state index in [2.05, 4.69) is 19.7 Å². The number of hydrogen-bond acceptors (Lipinski definition) is 11. The summed E-state index contributed by atoms with van der Waals surface area (Å²) >= 11 is 0. The van der Waals surface area contributed by atoms with Crippen molar-refractivity contribution >= 4 is 52.0 Å². The molecule has 0 aromatic heterocycles. The van der Waals surface area contributed by atoms with Crippen LogP contribution in [0.3, 0.4) is 0 Å². The molecule has 1 heterocycles. The van der Waals surface area contributed by atoms with Crippen LogP contribution in [0, 0.1) is 11.8 Å². The van der Waals surface area contributed by atoms with Gasteiger partial charge < -0.3 is 33.7 Å². The lowest BCUT2D eigenvalue weighted by molar-refractivity contribution is -0.482. The average molecular weight is 828 g/mol. The van der Waals surface area contributed by atoms with Gasteiger partial charge in [-0.05, 0) is 81.8 Å². The first-order valence-electron chi connectivity index (χ1n) is 20.0. The lowest BCUT2D eigenvalue weighted by Gasteiger charge is -2.33. The Labute approximate surface area is 356 Å². The first kappa shape index (κ1) is 43.8. The van der Waals surface area contributed by atoms with Gasteiger partial charge in [-0.25, -0.2) is 14.4 Å². The number of anilines is 2. The number of carbonyl (C=O) groups is 4. The predicted octanol–water partition coefficient (Wildman–Crippen LogP) is 8.09. The van der Waals surface area contributed by atoms with E-state index < -0.39 is 29.7 Å². The Morgan fingerprint density at radius 1 is 0.787 bits per heavy atom. The van der Waals surface area contributed by atoms with E-state index in [0.717, 1.165) is 22.8 Å². The van der Waals surface area contributed by atoms with Crippen LogP contribution in [-0.2, 0) is 33.4 Å². The van der Waals surface area contributed by atoms with Gasteiger partial charge in [-0.15, -0.1) is 0 Å². The first-order valence-corrected chi connectivity index (χ1v) is 20.0. The molecule has 12 nitrogen and oxygen atoms in total. The second-order valence-corrected chi connectivity index (χ2v) is 15.5. The highest BCUT2D eigenvalue weighted by atomic mass is 16.6. The average Bonchev–Trinajstić information content (AvgIpc) is 4.08. The van der Waals surface area contributed by atoms with Crippen molar-refractivity contribution in [3.05, 3.63) is 145 Å². The standard InChI is InChI=1S/C49H50N2O10/c1-29(2)47(54)59-25-32(7)50(38-17-21-40(22-18-38)57-27-42-28-58-42)36-13-9-34(10-14-36)43-45(52)44(46(43)53)35-11-15-37(16-12-35)51(33(8)26-60-48(55)30(3)4)39-19-23-41(24-20-39)61-49(56)31(5)6/h9-24,32-33,35,42,44H,1,3,5,25-28H2,2,4,6-8H3/p+1. The maximum atomic E-state index is 13.8. The molecular formula is C49H51N2O10+. The van der Waals surface area contributed by atoms with Gasteiger partial charge >= 0.3 is 17.9 Å². The van der Waals surface area contributed by atoms with Gasteiger partial charge in [0.2, 0.25) is 11.4 Å². The van der Waals surface area contributed by atoms with Crippen LogP contribution in [0.1, 0.15) is 40.2 Å². The molecular weight excluding hydrogens is 777 g/mol. The highest BCUT2D eigenvalue weighted by Crippen LogP contribution is 2.43. The number of rotatable bonds is 18. The monoisotopic (exact) mass is 827 g/mol. The van der Waals surface area contributed by atoms with E-state index in [-0.39, 0.29) is 59.7 Å². The molecule has 316 valence electrons. The number of carbonyl (C=O) groups excluding carboxylic acids is 4. The van der Waals surface area contributed by atoms with E-state index >= 15 is 0 Å². The SMILES string of the molecule is C=C(C)C(=O)OCC(C)N(c1ccc(OCC2CO2)cc1)c1ccc(C2=C(O)C(C3C=CC(=[N+](c4ccc(OC(=O)C(=C)C)cc4)C(C)COC(=O)C(=C)C)C=C3)C2=O)cc1. The number of aliphatic hydroxyl groups is 1. The van der Waals surface area contributed by atoms with Crippen molar-refractivity contribution in [2.24, 2.45) is 11.8 Å². The molecule has 61 heavy (non-hydrogen) atoms. The number of nitrogens with zero attached hydrogens (tertiary/aromatic N) is 2. The number of epoxide rings is 1. The molecule has 1 saturated heterocycles. The quantitative estimate of drug-likeness (QED) is 0.0437. The van der Waals surface area contributed by atoms with Crippen molar-refractivity contribution in [1.29, 1.82) is 0 Å². The second-order valence-electron chi connectivity index (χ2n) is 15.5. The summed E-state index contributed by atoms with van der Waals surface area (Å²) < 4.78 is 29.4. The number of hydrogen-bond donors (Lipinski definition) is 1. The van der Waals surface area contributed by atoms with Crippen molar-refractivity contribution in [3.63, 3.8) is 0 Å². The minimum Gasteiger partial charge on any atom is -0.511 e. The minimum absolute atomic E-state index is 0.00134. The zero-order valence-electron chi connectivity index (χ0n) is 35.1. The summed E-state index contributed by atoms with van der Waals surface area (Å²) in [5.41, 5.74) is 4.79. The lowest BCUT2D eigenvalue weighted by Crippen LogP contribution is -2.36. The van der Waals surface area contributed by atoms with Crippen molar-refractivity contribution in [2.75, 3.05) is 31.3 Å². The van der Waals surface area contributed by atoms with E-state index in [0.29, 0.717) is 35.8 Å². The van der Waals surface area contributed by atoms with Crippen LogP contribution in [0.15, 0.2) is 139 Å². The molecule has 0 bridgehead atoms. The summed E-state index contributed by atoms with van der Waals surface area (Å²) in [7, 11) is 0. The molecule has 0 amide bonds. The topological polar surface area (TPSA) is 144 Å². The molecule has 1 N–H and O–H groups in total. The van der Waals surface area contributed by atoms with E-state index in [4.69, 9.17) is 23.7 Å². The van der Waals surface area contributed by atoms with E-state index in [1.165, 1.54) is 0 Å². The summed E-state index contributed by atoms with van der Waals surface area (Å²) in [6, 6.07) is 21.2. The fourth-order valence-corrected chi connectivity index (χ4v) is 6.87. The van der Waals surface area contributed by atoms with Gasteiger partial charge in [-0.1, -0.05) is 44.0 Å². The highest BCUT2D eigenvalue weighted by molar-refractivity contribution is 6.30. The number of esters is 3. The molecule has 1 fully saturated rings. The zero-order valence-corrected chi connectivity index (χ0v) is 35.1. The van der Waals surface area contributed by atoms with E-state index in [9.17, 15) is 24.3 Å². The summed E-state index contributed by atoms with van der Waals surface area (Å²) in [4.78, 5) is 52.4. The van der Waals surface area contributed by atoms with Crippen LogP contribution in [0.25, 0.3) is 5.57 Å². The molecule has 12 heteroatoms. The number of allylic oxidation sites excluding steroid dienone is 6. The van der Waals surface area contributed by atoms with Gasteiger partial charge in [0.15, 0.2) is 18.4 Å². The van der Waals surface area contributed by atoms with Crippen molar-refractivity contribution in [1.82, 2.24) is 0 Å². The second kappa shape index (κ2) is 19.1. The third-order valence-electron chi connectivity index (χ3n) is 10.3. The van der Waals surface area contributed by atoms with Crippen LogP contribution in [-0.4, -0.2) is 83.7 Å². The third-order valence-corrected chi connectivity index (χ3v) is 10.3. The predicted molar refractivity (Wildman–Crippen MR) is 232 cm³/mol. The molecule has 4 atom stereocenters. The number of ketones is 1. The Morgan fingerprint density at radius 3 is 1.84 bits per heavy atom. The fourth-order valence-electron chi connectivity index (χ4n) is 6.87. The molecule has 4 unspecified atom stereocenters.